The Bertz CT molecular complexity index is 1010. The average molecular weight is 416 g/mol. The zero-order valence-electron chi connectivity index (χ0n) is 17.9. The van der Waals surface area contributed by atoms with Gasteiger partial charge in [0.2, 0.25) is 5.91 Å². The van der Waals surface area contributed by atoms with Crippen molar-refractivity contribution < 1.29 is 9.53 Å². The third-order valence-corrected chi connectivity index (χ3v) is 7.16. The zero-order valence-corrected chi connectivity index (χ0v) is 17.9. The summed E-state index contributed by atoms with van der Waals surface area (Å²) in [7, 11) is 0. The number of anilines is 1. The van der Waals surface area contributed by atoms with Gasteiger partial charge in [-0.3, -0.25) is 9.78 Å². The normalized spacial score (nSPS) is 20.8. The molecule has 4 aliphatic rings. The topological polar surface area (TPSA) is 45.7 Å². The van der Waals surface area contributed by atoms with Crippen molar-refractivity contribution in [2.45, 2.75) is 44.6 Å². The first-order valence-corrected chi connectivity index (χ1v) is 11.7. The summed E-state index contributed by atoms with van der Waals surface area (Å²) < 4.78 is 6.01. The largest absolute Gasteiger partial charge is 0.490 e. The summed E-state index contributed by atoms with van der Waals surface area (Å²) in [5.74, 6) is 1.65. The molecule has 2 saturated carbocycles. The van der Waals surface area contributed by atoms with Crippen LogP contribution in [0.5, 0.6) is 5.75 Å². The summed E-state index contributed by atoms with van der Waals surface area (Å²) in [5, 5.41) is 0. The summed E-state index contributed by atoms with van der Waals surface area (Å²) >= 11 is 0. The third kappa shape index (κ3) is 3.71. The number of hydrogen-bond acceptors (Lipinski definition) is 4. The van der Waals surface area contributed by atoms with E-state index in [0.29, 0.717) is 17.9 Å². The number of piperazine rings is 1. The number of allylic oxidation sites excluding steroid dienone is 1. The first-order valence-electron chi connectivity index (χ1n) is 11.7. The quantitative estimate of drug-likeness (QED) is 0.735. The van der Waals surface area contributed by atoms with Crippen LogP contribution in [0, 0.1) is 5.92 Å². The second kappa shape index (κ2) is 7.70. The van der Waals surface area contributed by atoms with Crippen molar-refractivity contribution in [3.8, 4) is 5.75 Å². The maximum absolute atomic E-state index is 12.4. The van der Waals surface area contributed by atoms with Crippen LogP contribution < -0.4 is 9.64 Å². The maximum Gasteiger partial charge on any atom is 0.225 e. The number of hydrogen-bond donors (Lipinski definition) is 0. The lowest BCUT2D eigenvalue weighted by Gasteiger charge is -2.37. The van der Waals surface area contributed by atoms with Crippen LogP contribution in [0.4, 0.5) is 5.69 Å². The molecule has 0 unspecified atom stereocenters. The molecule has 2 aromatic rings. The van der Waals surface area contributed by atoms with E-state index in [1.165, 1.54) is 41.6 Å². The number of pyridine rings is 1. The van der Waals surface area contributed by atoms with E-state index >= 15 is 0 Å². The maximum atomic E-state index is 12.4. The SMILES string of the molecule is O=C(C1CC1)N1CCN(c2ccnc3c2C=C(c2ccc(OC4CCC4)cc2)C3)CC1. The van der Waals surface area contributed by atoms with Crippen LogP contribution in [0.1, 0.15) is 48.9 Å². The van der Waals surface area contributed by atoms with Crippen molar-refractivity contribution in [1.29, 1.82) is 0 Å². The van der Waals surface area contributed by atoms with E-state index in [0.717, 1.165) is 56.9 Å². The lowest BCUT2D eigenvalue weighted by atomic mass is 9.96. The van der Waals surface area contributed by atoms with Gasteiger partial charge in [0.05, 0.1) is 11.8 Å². The number of carbonyl (C=O) groups is 1. The minimum atomic E-state index is 0.313. The fourth-order valence-electron chi connectivity index (χ4n) is 4.85. The van der Waals surface area contributed by atoms with Crippen LogP contribution >= 0.6 is 0 Å². The Morgan fingerprint density at radius 3 is 2.42 bits per heavy atom. The second-order valence-electron chi connectivity index (χ2n) is 9.32. The number of ether oxygens (including phenoxy) is 1. The molecule has 6 rings (SSSR count). The predicted molar refractivity (Wildman–Crippen MR) is 122 cm³/mol. The van der Waals surface area contributed by atoms with Crippen molar-refractivity contribution in [3.05, 3.63) is 53.3 Å². The summed E-state index contributed by atoms with van der Waals surface area (Å²) in [4.78, 5) is 21.5. The Labute approximate surface area is 183 Å². The predicted octanol–water partition coefficient (Wildman–Crippen LogP) is 4.17. The number of aromatic nitrogens is 1. The molecule has 0 radical (unpaired) electrons. The molecule has 160 valence electrons. The van der Waals surface area contributed by atoms with Gasteiger partial charge in [0.25, 0.3) is 0 Å². The second-order valence-corrected chi connectivity index (χ2v) is 9.32. The number of rotatable bonds is 5. The van der Waals surface area contributed by atoms with Gasteiger partial charge in [-0.05, 0) is 67.5 Å². The van der Waals surface area contributed by atoms with Crippen LogP contribution in [0.25, 0.3) is 11.6 Å². The summed E-state index contributed by atoms with van der Waals surface area (Å²) in [6.07, 6.45) is 11.3. The smallest absolute Gasteiger partial charge is 0.225 e. The monoisotopic (exact) mass is 415 g/mol. The highest BCUT2D eigenvalue weighted by Crippen LogP contribution is 2.37. The fraction of sp³-hybridized carbons (Fsp3) is 0.462. The van der Waals surface area contributed by atoms with E-state index in [2.05, 4.69) is 51.2 Å². The van der Waals surface area contributed by atoms with Crippen molar-refractivity contribution in [3.63, 3.8) is 0 Å². The van der Waals surface area contributed by atoms with Gasteiger partial charge in [0.15, 0.2) is 0 Å². The van der Waals surface area contributed by atoms with Crippen LogP contribution in [0.15, 0.2) is 36.5 Å². The van der Waals surface area contributed by atoms with Gasteiger partial charge in [-0.15, -0.1) is 0 Å². The molecule has 0 bridgehead atoms. The summed E-state index contributed by atoms with van der Waals surface area (Å²) in [6.45, 7) is 3.44. The minimum absolute atomic E-state index is 0.313. The van der Waals surface area contributed by atoms with Crippen molar-refractivity contribution in [2.75, 3.05) is 31.1 Å². The summed E-state index contributed by atoms with van der Waals surface area (Å²) in [6, 6.07) is 10.7. The van der Waals surface area contributed by atoms with Crippen LogP contribution in [0.2, 0.25) is 0 Å². The molecule has 1 amide bonds. The molecule has 3 aliphatic carbocycles. The van der Waals surface area contributed by atoms with Gasteiger partial charge < -0.3 is 14.5 Å². The lowest BCUT2D eigenvalue weighted by Crippen LogP contribution is -2.49. The Kier molecular flexibility index (Phi) is 4.70. The molecular formula is C26H29N3O2. The Hall–Kier alpha value is -2.82. The molecule has 3 fully saturated rings. The standard InChI is InChI=1S/C26H29N3O2/c30-26(19-4-5-19)29-14-12-28(13-15-29)25-10-11-27-24-17-20(16-23(24)25)18-6-8-22(9-7-18)31-21-2-1-3-21/h6-11,16,19,21H,1-5,12-15,17H2. The minimum Gasteiger partial charge on any atom is -0.490 e. The van der Waals surface area contributed by atoms with Gasteiger partial charge in [-0.1, -0.05) is 12.1 Å². The summed E-state index contributed by atoms with van der Waals surface area (Å²) in [5.41, 5.74) is 6.20. The van der Waals surface area contributed by atoms with Crippen molar-refractivity contribution in [2.24, 2.45) is 5.92 Å². The molecule has 1 aliphatic heterocycles. The number of fused-ring (bicyclic) bond motifs is 1. The lowest BCUT2D eigenvalue weighted by molar-refractivity contribution is -0.132. The van der Waals surface area contributed by atoms with Crippen LogP contribution in [-0.2, 0) is 11.2 Å². The molecule has 5 nitrogen and oxygen atoms in total. The van der Waals surface area contributed by atoms with Gasteiger partial charge in [0.1, 0.15) is 5.75 Å². The first kappa shape index (κ1) is 18.9. The van der Waals surface area contributed by atoms with Gasteiger partial charge in [-0.25, -0.2) is 0 Å². The molecule has 5 heteroatoms. The number of amides is 1. The van der Waals surface area contributed by atoms with Crippen molar-refractivity contribution in [1.82, 2.24) is 9.88 Å². The molecular weight excluding hydrogens is 386 g/mol. The molecule has 1 aromatic carbocycles. The molecule has 0 spiro atoms. The van der Waals surface area contributed by atoms with Gasteiger partial charge in [0, 0.05) is 56.0 Å². The molecule has 1 aromatic heterocycles. The Balaban J connectivity index is 1.17. The highest BCUT2D eigenvalue weighted by Gasteiger charge is 2.35. The van der Waals surface area contributed by atoms with Gasteiger partial charge >= 0.3 is 0 Å². The number of nitrogens with zero attached hydrogens (tertiary/aromatic N) is 3. The number of benzene rings is 1. The van der Waals surface area contributed by atoms with E-state index in [9.17, 15) is 4.79 Å². The van der Waals surface area contributed by atoms with E-state index < -0.39 is 0 Å². The van der Waals surface area contributed by atoms with Crippen LogP contribution in [0.3, 0.4) is 0 Å². The third-order valence-electron chi connectivity index (χ3n) is 7.16. The van der Waals surface area contributed by atoms with E-state index in [1.807, 2.05) is 6.20 Å². The highest BCUT2D eigenvalue weighted by atomic mass is 16.5. The van der Waals surface area contributed by atoms with Gasteiger partial charge in [-0.2, -0.15) is 0 Å². The van der Waals surface area contributed by atoms with E-state index in [1.54, 1.807) is 0 Å². The highest BCUT2D eigenvalue weighted by molar-refractivity contribution is 5.92. The fourth-order valence-corrected chi connectivity index (χ4v) is 4.85. The average Bonchev–Trinajstić information content (AvgIpc) is 3.54. The van der Waals surface area contributed by atoms with Crippen LogP contribution in [-0.4, -0.2) is 48.1 Å². The first-order chi connectivity index (χ1) is 15.2. The molecule has 31 heavy (non-hydrogen) atoms. The zero-order chi connectivity index (χ0) is 20.8. The Morgan fingerprint density at radius 1 is 0.968 bits per heavy atom. The van der Waals surface area contributed by atoms with E-state index in [4.69, 9.17) is 4.74 Å². The molecule has 1 saturated heterocycles. The van der Waals surface area contributed by atoms with E-state index in [-0.39, 0.29) is 0 Å². The molecule has 0 N–H and O–H groups in total. The Morgan fingerprint density at radius 2 is 1.74 bits per heavy atom. The molecule has 0 atom stereocenters. The number of carbonyl (C=O) groups excluding carboxylic acids is 1. The molecule has 2 heterocycles. The van der Waals surface area contributed by atoms with Crippen molar-refractivity contribution >= 4 is 23.2 Å².